The zero-order valence-electron chi connectivity index (χ0n) is 8.84. The van der Waals surface area contributed by atoms with Crippen molar-refractivity contribution in [1.29, 1.82) is 0 Å². The molecule has 2 rings (SSSR count). The largest absolute Gasteiger partial charge is 0.310 e. The van der Waals surface area contributed by atoms with Crippen molar-refractivity contribution in [3.63, 3.8) is 0 Å². The van der Waals surface area contributed by atoms with Crippen LogP contribution in [-0.4, -0.2) is 15.8 Å². The summed E-state index contributed by atoms with van der Waals surface area (Å²) in [5.41, 5.74) is 0.687. The lowest BCUT2D eigenvalue weighted by atomic mass is 10.2. The molecule has 0 unspecified atom stereocenters. The molecule has 0 amide bonds. The Morgan fingerprint density at radius 3 is 2.82 bits per heavy atom. The molecule has 2 heterocycles. The van der Waals surface area contributed by atoms with E-state index >= 15 is 0 Å². The third kappa shape index (κ3) is 2.60. The monoisotopic (exact) mass is 248 g/mol. The summed E-state index contributed by atoms with van der Waals surface area (Å²) in [4.78, 5) is 26.3. The molecule has 0 aromatic carbocycles. The maximum Gasteiger partial charge on any atom is 0.261 e. The molecule has 0 aliphatic carbocycles. The quantitative estimate of drug-likeness (QED) is 0.614. The van der Waals surface area contributed by atoms with E-state index in [4.69, 9.17) is 11.6 Å². The van der Waals surface area contributed by atoms with Crippen LogP contribution in [-0.2, 0) is 6.54 Å². The Labute approximate surface area is 102 Å². The fourth-order valence-corrected chi connectivity index (χ4v) is 1.58. The molecule has 2 aromatic heterocycles. The van der Waals surface area contributed by atoms with Crippen LogP contribution in [0.4, 0.5) is 0 Å². The number of rotatable bonds is 3. The van der Waals surface area contributed by atoms with Gasteiger partial charge < -0.3 is 4.57 Å². The van der Waals surface area contributed by atoms with Crippen LogP contribution >= 0.6 is 11.6 Å². The molecule has 0 aliphatic rings. The van der Waals surface area contributed by atoms with E-state index < -0.39 is 0 Å². The Kier molecular flexibility index (Phi) is 3.35. The zero-order chi connectivity index (χ0) is 12.3. The van der Waals surface area contributed by atoms with E-state index in [0.717, 1.165) is 5.56 Å². The van der Waals surface area contributed by atoms with Gasteiger partial charge in [-0.2, -0.15) is 0 Å². The summed E-state index contributed by atoms with van der Waals surface area (Å²) < 4.78 is 1.45. The Hall–Kier alpha value is -1.94. The summed E-state index contributed by atoms with van der Waals surface area (Å²) in [6.45, 7) is 0.366. The summed E-state index contributed by atoms with van der Waals surface area (Å²) in [6.07, 6.45) is 3.78. The van der Waals surface area contributed by atoms with E-state index in [2.05, 4.69) is 4.98 Å². The highest BCUT2D eigenvalue weighted by Crippen LogP contribution is 2.06. The van der Waals surface area contributed by atoms with Gasteiger partial charge in [0.25, 0.3) is 5.56 Å². The lowest BCUT2D eigenvalue weighted by molar-refractivity contribution is 0.112. The highest BCUT2D eigenvalue weighted by molar-refractivity contribution is 6.29. The van der Waals surface area contributed by atoms with Gasteiger partial charge in [0.15, 0.2) is 6.29 Å². The summed E-state index contributed by atoms with van der Waals surface area (Å²) in [5.74, 6) is 0. The molecule has 0 spiro atoms. The second-order valence-electron chi connectivity index (χ2n) is 3.50. The van der Waals surface area contributed by atoms with Crippen molar-refractivity contribution in [2.75, 3.05) is 0 Å². The molecule has 86 valence electrons. The number of aldehydes is 1. The molecule has 0 radical (unpaired) electrons. The Morgan fingerprint density at radius 2 is 2.18 bits per heavy atom. The van der Waals surface area contributed by atoms with Gasteiger partial charge in [0.1, 0.15) is 5.15 Å². The number of aromatic nitrogens is 2. The van der Waals surface area contributed by atoms with Crippen LogP contribution in [0.5, 0.6) is 0 Å². The van der Waals surface area contributed by atoms with Crippen molar-refractivity contribution in [3.8, 4) is 0 Å². The minimum Gasteiger partial charge on any atom is -0.310 e. The summed E-state index contributed by atoms with van der Waals surface area (Å²) in [5, 5.41) is 0.405. The Balaban J connectivity index is 2.33. The lowest BCUT2D eigenvalue weighted by Crippen LogP contribution is -2.23. The first-order valence-corrected chi connectivity index (χ1v) is 5.33. The van der Waals surface area contributed by atoms with Gasteiger partial charge in [-0.3, -0.25) is 9.59 Å². The van der Waals surface area contributed by atoms with E-state index in [-0.39, 0.29) is 11.1 Å². The first-order valence-electron chi connectivity index (χ1n) is 4.96. The summed E-state index contributed by atoms with van der Waals surface area (Å²) in [7, 11) is 0. The third-order valence-electron chi connectivity index (χ3n) is 2.32. The van der Waals surface area contributed by atoms with Crippen LogP contribution in [0.15, 0.2) is 41.5 Å². The van der Waals surface area contributed by atoms with Crippen LogP contribution in [0.25, 0.3) is 0 Å². The maximum absolute atomic E-state index is 11.8. The molecule has 0 bridgehead atoms. The predicted octanol–water partition coefficient (Wildman–Crippen LogP) is 1.76. The highest BCUT2D eigenvalue weighted by atomic mass is 35.5. The number of nitrogens with zero attached hydrogens (tertiary/aromatic N) is 2. The minimum absolute atomic E-state index is 0.148. The van der Waals surface area contributed by atoms with Crippen LogP contribution < -0.4 is 5.56 Å². The van der Waals surface area contributed by atoms with Crippen molar-refractivity contribution >= 4 is 17.9 Å². The molecule has 0 N–H and O–H groups in total. The van der Waals surface area contributed by atoms with Crippen molar-refractivity contribution in [3.05, 3.63) is 63.3 Å². The Bertz CT molecular complexity index is 590. The first kappa shape index (κ1) is 11.5. The Morgan fingerprint density at radius 1 is 1.35 bits per heavy atom. The maximum atomic E-state index is 11.8. The second kappa shape index (κ2) is 4.93. The van der Waals surface area contributed by atoms with E-state index in [1.807, 2.05) is 0 Å². The van der Waals surface area contributed by atoms with Gasteiger partial charge in [-0.1, -0.05) is 17.7 Å². The molecule has 5 heteroatoms. The molecule has 2 aromatic rings. The number of hydrogen-bond acceptors (Lipinski definition) is 3. The van der Waals surface area contributed by atoms with Gasteiger partial charge in [0.05, 0.1) is 12.1 Å². The van der Waals surface area contributed by atoms with E-state index in [1.165, 1.54) is 10.6 Å². The number of pyridine rings is 2. The van der Waals surface area contributed by atoms with Crippen molar-refractivity contribution in [2.24, 2.45) is 0 Å². The SMILES string of the molecule is O=Cc1cccn(Cc2ccc(Cl)nc2)c1=O. The highest BCUT2D eigenvalue weighted by Gasteiger charge is 2.02. The van der Waals surface area contributed by atoms with E-state index in [0.29, 0.717) is 18.0 Å². The van der Waals surface area contributed by atoms with Gasteiger partial charge in [0, 0.05) is 12.4 Å². The lowest BCUT2D eigenvalue weighted by Gasteiger charge is -2.05. The van der Waals surface area contributed by atoms with Gasteiger partial charge in [-0.15, -0.1) is 0 Å². The fourth-order valence-electron chi connectivity index (χ4n) is 1.47. The first-order chi connectivity index (χ1) is 8.20. The molecule has 4 nitrogen and oxygen atoms in total. The van der Waals surface area contributed by atoms with E-state index in [9.17, 15) is 9.59 Å². The summed E-state index contributed by atoms with van der Waals surface area (Å²) in [6, 6.07) is 6.60. The van der Waals surface area contributed by atoms with E-state index in [1.54, 1.807) is 30.6 Å². The smallest absolute Gasteiger partial charge is 0.261 e. The second-order valence-corrected chi connectivity index (χ2v) is 3.89. The number of carbonyl (C=O) groups is 1. The molecule has 0 saturated carbocycles. The standard InChI is InChI=1S/C12H9ClN2O2/c13-11-4-3-9(6-14-11)7-15-5-1-2-10(8-16)12(15)17/h1-6,8H,7H2. The van der Waals surface area contributed by atoms with Crippen LogP contribution in [0.3, 0.4) is 0 Å². The normalized spacial score (nSPS) is 10.2. The number of hydrogen-bond donors (Lipinski definition) is 0. The van der Waals surface area contributed by atoms with Crippen LogP contribution in [0, 0.1) is 0 Å². The van der Waals surface area contributed by atoms with Gasteiger partial charge in [-0.05, 0) is 23.8 Å². The van der Waals surface area contributed by atoms with Crippen molar-refractivity contribution in [2.45, 2.75) is 6.54 Å². The van der Waals surface area contributed by atoms with Crippen LogP contribution in [0.1, 0.15) is 15.9 Å². The fraction of sp³-hybridized carbons (Fsp3) is 0.0833. The van der Waals surface area contributed by atoms with Crippen molar-refractivity contribution < 1.29 is 4.79 Å². The number of carbonyl (C=O) groups excluding carboxylic acids is 1. The zero-order valence-corrected chi connectivity index (χ0v) is 9.59. The molecule has 0 aliphatic heterocycles. The molecular formula is C12H9ClN2O2. The van der Waals surface area contributed by atoms with Crippen LogP contribution in [0.2, 0.25) is 5.15 Å². The molecular weight excluding hydrogens is 240 g/mol. The number of halogens is 1. The predicted molar refractivity (Wildman–Crippen MR) is 64.4 cm³/mol. The topological polar surface area (TPSA) is 52.0 Å². The average Bonchev–Trinajstić information content (AvgIpc) is 2.35. The van der Waals surface area contributed by atoms with Crippen molar-refractivity contribution in [1.82, 2.24) is 9.55 Å². The average molecular weight is 249 g/mol. The molecule has 0 saturated heterocycles. The summed E-state index contributed by atoms with van der Waals surface area (Å²) >= 11 is 5.67. The third-order valence-corrected chi connectivity index (χ3v) is 2.54. The van der Waals surface area contributed by atoms with Gasteiger partial charge in [-0.25, -0.2) is 4.98 Å². The van der Waals surface area contributed by atoms with Gasteiger partial charge in [0.2, 0.25) is 0 Å². The molecule has 0 fully saturated rings. The van der Waals surface area contributed by atoms with Gasteiger partial charge >= 0.3 is 0 Å². The molecule has 17 heavy (non-hydrogen) atoms. The molecule has 0 atom stereocenters. The minimum atomic E-state index is -0.308.